The van der Waals surface area contributed by atoms with Crippen LogP contribution in [0.1, 0.15) is 43.0 Å². The van der Waals surface area contributed by atoms with Crippen molar-refractivity contribution < 1.29 is 9.90 Å². The zero-order valence-corrected chi connectivity index (χ0v) is 18.4. The van der Waals surface area contributed by atoms with E-state index in [1.54, 1.807) is 6.33 Å². The van der Waals surface area contributed by atoms with E-state index in [4.69, 9.17) is 0 Å². The molecule has 2 N–H and O–H groups in total. The Morgan fingerprint density at radius 1 is 1.32 bits per heavy atom. The van der Waals surface area contributed by atoms with Gasteiger partial charge in [-0.15, -0.1) is 0 Å². The summed E-state index contributed by atoms with van der Waals surface area (Å²) in [5.74, 6) is 1.04. The summed E-state index contributed by atoms with van der Waals surface area (Å²) in [5.41, 5.74) is 3.17. The fraction of sp³-hybridized carbons (Fsp3) is 0.480. The molecule has 1 aromatic heterocycles. The Morgan fingerprint density at radius 2 is 2.10 bits per heavy atom. The number of hydrogen-bond donors (Lipinski definition) is 2. The number of aromatic nitrogens is 2. The topological polar surface area (TPSA) is 78.4 Å². The van der Waals surface area contributed by atoms with E-state index >= 15 is 0 Å². The quantitative estimate of drug-likeness (QED) is 0.720. The average molecular weight is 421 g/mol. The predicted octanol–water partition coefficient (Wildman–Crippen LogP) is 3.14. The number of carbonyl (C=O) groups is 1. The fourth-order valence-electron chi connectivity index (χ4n) is 4.86. The molecule has 2 aromatic rings. The van der Waals surface area contributed by atoms with Gasteiger partial charge in [0.2, 0.25) is 5.91 Å². The molecule has 6 nitrogen and oxygen atoms in total. The first-order valence-electron chi connectivity index (χ1n) is 11.2. The van der Waals surface area contributed by atoms with E-state index < -0.39 is 0 Å². The van der Waals surface area contributed by atoms with Gasteiger partial charge in [0.25, 0.3) is 0 Å². The minimum absolute atomic E-state index is 0.0123. The predicted molar refractivity (Wildman–Crippen MR) is 123 cm³/mol. The molecule has 1 aromatic carbocycles. The zero-order valence-electron chi connectivity index (χ0n) is 18.4. The highest BCUT2D eigenvalue weighted by molar-refractivity contribution is 5.81. The number of aliphatic hydroxyl groups excluding tert-OH is 1. The highest BCUT2D eigenvalue weighted by Crippen LogP contribution is 2.56. The van der Waals surface area contributed by atoms with Gasteiger partial charge in [0.15, 0.2) is 0 Å². The number of nitrogens with one attached hydrogen (secondary N) is 1. The zero-order chi connectivity index (χ0) is 21.8. The molecule has 1 saturated heterocycles. The molecular weight excluding hydrogens is 388 g/mol. The molecule has 2 heterocycles. The van der Waals surface area contributed by atoms with Gasteiger partial charge < -0.3 is 15.3 Å². The lowest BCUT2D eigenvalue weighted by Gasteiger charge is -2.40. The molecule has 2 fully saturated rings. The van der Waals surface area contributed by atoms with Crippen LogP contribution in [0.3, 0.4) is 0 Å². The third-order valence-electron chi connectivity index (χ3n) is 6.73. The molecule has 2 atom stereocenters. The van der Waals surface area contributed by atoms with Crippen molar-refractivity contribution in [2.45, 2.75) is 45.6 Å². The van der Waals surface area contributed by atoms with Crippen molar-refractivity contribution in [3.63, 3.8) is 0 Å². The maximum atomic E-state index is 13.2. The van der Waals surface area contributed by atoms with E-state index in [0.29, 0.717) is 6.42 Å². The average Bonchev–Trinajstić information content (AvgIpc) is 3.54. The molecular formula is C25H32N4O2. The van der Waals surface area contributed by atoms with Crippen LogP contribution in [-0.2, 0) is 11.2 Å². The molecule has 1 saturated carbocycles. The van der Waals surface area contributed by atoms with Gasteiger partial charge in [-0.1, -0.05) is 42.5 Å². The summed E-state index contributed by atoms with van der Waals surface area (Å²) in [7, 11) is 0. The van der Waals surface area contributed by atoms with Gasteiger partial charge in [0, 0.05) is 24.6 Å². The Labute approximate surface area is 184 Å². The molecule has 0 radical (unpaired) electrons. The number of nitrogens with zero attached hydrogens (tertiary/aromatic N) is 3. The van der Waals surface area contributed by atoms with Crippen LogP contribution in [-0.4, -0.2) is 46.7 Å². The third-order valence-corrected chi connectivity index (χ3v) is 6.73. The summed E-state index contributed by atoms with van der Waals surface area (Å²) in [5, 5.41) is 13.0. The molecule has 1 aliphatic heterocycles. The molecule has 0 bridgehead atoms. The van der Waals surface area contributed by atoms with Gasteiger partial charge in [-0.3, -0.25) is 4.79 Å². The Hall–Kier alpha value is -2.73. The van der Waals surface area contributed by atoms with Crippen LogP contribution in [0, 0.1) is 18.3 Å². The number of aryl methyl sites for hydroxylation is 1. The Kier molecular flexibility index (Phi) is 6.37. The lowest BCUT2D eigenvalue weighted by atomic mass is 9.81. The molecule has 6 heteroatoms. The lowest BCUT2D eigenvalue weighted by molar-refractivity contribution is -0.128. The fourth-order valence-corrected chi connectivity index (χ4v) is 4.86. The van der Waals surface area contributed by atoms with Gasteiger partial charge in [-0.2, -0.15) is 0 Å². The van der Waals surface area contributed by atoms with Crippen LogP contribution in [0.25, 0.3) is 6.08 Å². The summed E-state index contributed by atoms with van der Waals surface area (Å²) in [6, 6.07) is 9.74. The maximum Gasteiger partial charge on any atom is 0.224 e. The van der Waals surface area contributed by atoms with E-state index in [9.17, 15) is 9.90 Å². The molecule has 4 rings (SSSR count). The van der Waals surface area contributed by atoms with E-state index in [1.807, 2.05) is 50.3 Å². The van der Waals surface area contributed by atoms with Gasteiger partial charge in [0.05, 0.1) is 18.3 Å². The number of amides is 1. The van der Waals surface area contributed by atoms with E-state index in [0.717, 1.165) is 55.0 Å². The van der Waals surface area contributed by atoms with E-state index in [-0.39, 0.29) is 29.9 Å². The number of benzene rings is 1. The van der Waals surface area contributed by atoms with E-state index in [1.165, 1.54) is 0 Å². The number of carbonyl (C=O) groups excluding carboxylic acids is 1. The highest BCUT2D eigenvalue weighted by atomic mass is 16.3. The van der Waals surface area contributed by atoms with Crippen molar-refractivity contribution in [3.8, 4) is 0 Å². The molecule has 1 aliphatic carbocycles. The first kappa shape index (κ1) is 21.5. The second kappa shape index (κ2) is 9.18. The van der Waals surface area contributed by atoms with Crippen molar-refractivity contribution in [2.75, 3.05) is 24.6 Å². The van der Waals surface area contributed by atoms with Gasteiger partial charge in [0.1, 0.15) is 12.1 Å². The SMILES string of the molecule is C/C=C\c1c(C)ncnc1N1CCC(C(=O)NC(CO)Cc2ccccc2)C2(CC2)C1. The van der Waals surface area contributed by atoms with Crippen molar-refractivity contribution >= 4 is 17.8 Å². The molecule has 2 aliphatic rings. The number of aliphatic hydroxyl groups is 1. The molecule has 1 spiro atoms. The standard InChI is InChI=1S/C25H32N4O2/c1-3-7-21-18(2)26-17-27-23(21)29-13-10-22(25(16-29)11-12-25)24(31)28-20(15-30)14-19-8-5-4-6-9-19/h3-9,17,20,22,30H,10-16H2,1-2H3,(H,28,31)/b7-3-. The van der Waals surface area contributed by atoms with Crippen molar-refractivity contribution in [1.29, 1.82) is 0 Å². The van der Waals surface area contributed by atoms with Crippen molar-refractivity contribution in [1.82, 2.24) is 15.3 Å². The minimum Gasteiger partial charge on any atom is -0.394 e. The third kappa shape index (κ3) is 4.64. The van der Waals surface area contributed by atoms with Crippen LogP contribution in [0.2, 0.25) is 0 Å². The van der Waals surface area contributed by atoms with Crippen LogP contribution in [0.4, 0.5) is 5.82 Å². The summed E-state index contributed by atoms with van der Waals surface area (Å²) >= 11 is 0. The Balaban J connectivity index is 1.45. The largest absolute Gasteiger partial charge is 0.394 e. The first-order valence-corrected chi connectivity index (χ1v) is 11.2. The van der Waals surface area contributed by atoms with Crippen LogP contribution in [0.15, 0.2) is 42.7 Å². The number of rotatable bonds is 7. The molecule has 1 amide bonds. The van der Waals surface area contributed by atoms with Gasteiger partial charge in [-0.25, -0.2) is 9.97 Å². The number of allylic oxidation sites excluding steroid dienone is 1. The normalized spacial score (nSPS) is 20.7. The second-order valence-corrected chi connectivity index (χ2v) is 8.90. The smallest absolute Gasteiger partial charge is 0.224 e. The monoisotopic (exact) mass is 420 g/mol. The molecule has 164 valence electrons. The van der Waals surface area contributed by atoms with Crippen LogP contribution in [0.5, 0.6) is 0 Å². The van der Waals surface area contributed by atoms with E-state index in [2.05, 4.69) is 26.3 Å². The summed E-state index contributed by atoms with van der Waals surface area (Å²) in [6.07, 6.45) is 9.28. The number of anilines is 1. The van der Waals surface area contributed by atoms with Gasteiger partial charge in [-0.05, 0) is 50.5 Å². The van der Waals surface area contributed by atoms with Crippen molar-refractivity contribution in [3.05, 3.63) is 59.6 Å². The van der Waals surface area contributed by atoms with Crippen LogP contribution < -0.4 is 10.2 Å². The van der Waals surface area contributed by atoms with Crippen molar-refractivity contribution in [2.24, 2.45) is 11.3 Å². The maximum absolute atomic E-state index is 13.2. The first-order chi connectivity index (χ1) is 15.1. The lowest BCUT2D eigenvalue weighted by Crippen LogP contribution is -2.51. The minimum atomic E-state index is -0.255. The molecule has 2 unspecified atom stereocenters. The van der Waals surface area contributed by atoms with Gasteiger partial charge >= 0.3 is 0 Å². The Morgan fingerprint density at radius 3 is 2.77 bits per heavy atom. The summed E-state index contributed by atoms with van der Waals surface area (Å²) in [4.78, 5) is 24.5. The number of piperidine rings is 1. The van der Waals surface area contributed by atoms with Crippen LogP contribution >= 0.6 is 0 Å². The summed E-state index contributed by atoms with van der Waals surface area (Å²) in [6.45, 7) is 5.59. The second-order valence-electron chi connectivity index (χ2n) is 8.90. The number of hydrogen-bond acceptors (Lipinski definition) is 5. The highest BCUT2D eigenvalue weighted by Gasteiger charge is 2.55. The molecule has 31 heavy (non-hydrogen) atoms. The summed E-state index contributed by atoms with van der Waals surface area (Å²) < 4.78 is 0. The Bertz CT molecular complexity index is 940.